The average Bonchev–Trinajstić information content (AvgIpc) is 3.00. The third-order valence-electron chi connectivity index (χ3n) is 7.41. The van der Waals surface area contributed by atoms with Crippen molar-refractivity contribution in [3.8, 4) is 11.5 Å². The fraction of sp³-hybridized carbons (Fsp3) is 0.375. The molecule has 0 fully saturated rings. The molecular weight excluding hydrogens is 554 g/mol. The summed E-state index contributed by atoms with van der Waals surface area (Å²) in [4.78, 5) is 29.2. The monoisotopic (exact) mass is 593 g/mol. The van der Waals surface area contributed by atoms with Crippen molar-refractivity contribution in [1.82, 2.24) is 10.2 Å². The number of fused-ring (bicyclic) bond motifs is 1. The van der Waals surface area contributed by atoms with E-state index in [-0.39, 0.29) is 29.1 Å². The summed E-state index contributed by atoms with van der Waals surface area (Å²) in [5, 5.41) is 3.00. The van der Waals surface area contributed by atoms with Crippen molar-refractivity contribution in [3.63, 3.8) is 0 Å². The van der Waals surface area contributed by atoms with E-state index in [9.17, 15) is 18.0 Å². The van der Waals surface area contributed by atoms with Crippen LogP contribution < -0.4 is 19.1 Å². The number of ether oxygens (including phenoxy) is 2. The highest BCUT2D eigenvalue weighted by molar-refractivity contribution is 7.92. The van der Waals surface area contributed by atoms with E-state index in [2.05, 4.69) is 5.32 Å². The molecule has 0 saturated heterocycles. The first-order chi connectivity index (χ1) is 20.1. The highest BCUT2D eigenvalue weighted by atomic mass is 32.2. The molecule has 3 aromatic rings. The van der Waals surface area contributed by atoms with E-state index in [0.717, 1.165) is 21.9 Å². The second kappa shape index (κ2) is 13.7. The summed E-state index contributed by atoms with van der Waals surface area (Å²) in [6.07, 6.45) is 1.09. The van der Waals surface area contributed by atoms with Crippen molar-refractivity contribution in [3.05, 3.63) is 83.9 Å². The number of anilines is 1. The molecule has 9 nitrogen and oxygen atoms in total. The van der Waals surface area contributed by atoms with Crippen molar-refractivity contribution in [1.29, 1.82) is 0 Å². The van der Waals surface area contributed by atoms with Gasteiger partial charge < -0.3 is 19.7 Å². The Kier molecular flexibility index (Phi) is 10.1. The molecule has 42 heavy (non-hydrogen) atoms. The van der Waals surface area contributed by atoms with Crippen LogP contribution in [-0.2, 0) is 26.2 Å². The molecule has 0 saturated carbocycles. The number of hydrogen-bond donors (Lipinski definition) is 1. The summed E-state index contributed by atoms with van der Waals surface area (Å²) in [7, 11) is -4.18. The number of benzene rings is 3. The Morgan fingerprint density at radius 3 is 2.24 bits per heavy atom. The van der Waals surface area contributed by atoms with Crippen LogP contribution in [0.15, 0.2) is 77.7 Å². The second-order valence-electron chi connectivity index (χ2n) is 10.3. The molecule has 0 radical (unpaired) electrons. The lowest BCUT2D eigenvalue weighted by molar-refractivity contribution is -0.140. The number of aryl methyl sites for hydroxylation is 1. The molecule has 224 valence electrons. The molecule has 0 bridgehead atoms. The van der Waals surface area contributed by atoms with Crippen LogP contribution in [0.2, 0.25) is 0 Å². The van der Waals surface area contributed by atoms with Gasteiger partial charge in [0, 0.05) is 18.7 Å². The average molecular weight is 594 g/mol. The molecule has 2 atom stereocenters. The van der Waals surface area contributed by atoms with Crippen molar-refractivity contribution in [2.75, 3.05) is 24.1 Å². The van der Waals surface area contributed by atoms with Crippen LogP contribution in [-0.4, -0.2) is 57.0 Å². The molecule has 4 rings (SSSR count). The van der Waals surface area contributed by atoms with Crippen LogP contribution in [0.25, 0.3) is 0 Å². The van der Waals surface area contributed by atoms with Crippen molar-refractivity contribution in [2.45, 2.75) is 64.1 Å². The normalized spacial score (nSPS) is 14.0. The largest absolute Gasteiger partial charge is 0.486 e. The van der Waals surface area contributed by atoms with E-state index >= 15 is 0 Å². The molecule has 1 heterocycles. The Hall–Kier alpha value is -4.05. The van der Waals surface area contributed by atoms with E-state index in [1.807, 2.05) is 52.0 Å². The van der Waals surface area contributed by atoms with Gasteiger partial charge in [0.1, 0.15) is 25.8 Å². The number of rotatable bonds is 12. The van der Waals surface area contributed by atoms with E-state index in [1.54, 1.807) is 36.4 Å². The number of amides is 2. The fourth-order valence-corrected chi connectivity index (χ4v) is 6.19. The summed E-state index contributed by atoms with van der Waals surface area (Å²) >= 11 is 0. The maximum atomic E-state index is 14.3. The van der Waals surface area contributed by atoms with Gasteiger partial charge in [-0.15, -0.1) is 0 Å². The van der Waals surface area contributed by atoms with Gasteiger partial charge in [0.2, 0.25) is 11.8 Å². The summed E-state index contributed by atoms with van der Waals surface area (Å²) in [6, 6.07) is 19.6. The Bertz CT molecular complexity index is 1500. The van der Waals surface area contributed by atoms with Crippen molar-refractivity contribution in [2.24, 2.45) is 0 Å². The minimum Gasteiger partial charge on any atom is -0.486 e. The Morgan fingerprint density at radius 1 is 0.905 bits per heavy atom. The predicted octanol–water partition coefficient (Wildman–Crippen LogP) is 4.68. The van der Waals surface area contributed by atoms with Gasteiger partial charge in [0.25, 0.3) is 10.0 Å². The topological polar surface area (TPSA) is 105 Å². The highest BCUT2D eigenvalue weighted by Crippen LogP contribution is 2.36. The van der Waals surface area contributed by atoms with Gasteiger partial charge in [-0.2, -0.15) is 0 Å². The number of hydrogen-bond acceptors (Lipinski definition) is 6. The number of nitrogens with zero attached hydrogens (tertiary/aromatic N) is 2. The third kappa shape index (κ3) is 7.05. The van der Waals surface area contributed by atoms with Gasteiger partial charge in [-0.1, -0.05) is 56.3 Å². The lowest BCUT2D eigenvalue weighted by Crippen LogP contribution is -2.53. The molecule has 3 aromatic carbocycles. The fourth-order valence-electron chi connectivity index (χ4n) is 4.77. The number of sulfonamides is 1. The SMILES string of the molecule is CC[C@@H](C)NC(=O)[C@H](CC)N(Cc1ccccc1C)C(=O)CN(c1ccc2c(c1)OCCO2)S(=O)(=O)c1ccccc1. The Balaban J connectivity index is 1.76. The van der Waals surface area contributed by atoms with Crippen LogP contribution in [0, 0.1) is 6.92 Å². The van der Waals surface area contributed by atoms with Crippen LogP contribution in [0.4, 0.5) is 5.69 Å². The van der Waals surface area contributed by atoms with Gasteiger partial charge in [0.05, 0.1) is 10.6 Å². The van der Waals surface area contributed by atoms with Gasteiger partial charge in [0.15, 0.2) is 11.5 Å². The second-order valence-corrected chi connectivity index (χ2v) is 12.2. The van der Waals surface area contributed by atoms with Crippen molar-refractivity contribution >= 4 is 27.5 Å². The lowest BCUT2D eigenvalue weighted by Gasteiger charge is -2.34. The van der Waals surface area contributed by atoms with E-state index < -0.39 is 28.5 Å². The Morgan fingerprint density at radius 2 is 1.57 bits per heavy atom. The van der Waals surface area contributed by atoms with Crippen molar-refractivity contribution < 1.29 is 27.5 Å². The summed E-state index contributed by atoms with van der Waals surface area (Å²) in [5.41, 5.74) is 2.09. The minimum atomic E-state index is -4.18. The van der Waals surface area contributed by atoms with Crippen LogP contribution in [0.5, 0.6) is 11.5 Å². The van der Waals surface area contributed by atoms with E-state index in [4.69, 9.17) is 9.47 Å². The van der Waals surface area contributed by atoms with Gasteiger partial charge >= 0.3 is 0 Å². The number of carbonyl (C=O) groups excluding carboxylic acids is 2. The smallest absolute Gasteiger partial charge is 0.264 e. The standard InChI is InChI=1S/C32H39N3O6S/c1-5-24(4)33-32(37)28(6-2)34(21-25-13-11-10-12-23(25)3)31(36)22-35(42(38,39)27-14-8-7-9-15-27)26-16-17-29-30(20-26)41-19-18-40-29/h7-17,20,24,28H,5-6,18-19,21-22H2,1-4H3,(H,33,37)/t24-,28+/m1/s1. The van der Waals surface area contributed by atoms with Crippen LogP contribution in [0.3, 0.4) is 0 Å². The molecule has 1 aliphatic rings. The summed E-state index contributed by atoms with van der Waals surface area (Å²) < 4.78 is 40.5. The number of carbonyl (C=O) groups is 2. The summed E-state index contributed by atoms with van der Waals surface area (Å²) in [6.45, 7) is 8.03. The zero-order valence-corrected chi connectivity index (χ0v) is 25.4. The first-order valence-corrected chi connectivity index (χ1v) is 15.7. The van der Waals surface area contributed by atoms with Crippen LogP contribution in [0.1, 0.15) is 44.7 Å². The molecular formula is C32H39N3O6S. The molecule has 0 unspecified atom stereocenters. The van der Waals surface area contributed by atoms with Gasteiger partial charge in [-0.05, 0) is 62.1 Å². The highest BCUT2D eigenvalue weighted by Gasteiger charge is 2.34. The molecule has 10 heteroatoms. The quantitative estimate of drug-likeness (QED) is 0.327. The first kappa shape index (κ1) is 30.9. The third-order valence-corrected chi connectivity index (χ3v) is 9.20. The molecule has 1 N–H and O–H groups in total. The molecule has 2 amide bonds. The molecule has 0 aliphatic carbocycles. The first-order valence-electron chi connectivity index (χ1n) is 14.3. The predicted molar refractivity (Wildman–Crippen MR) is 162 cm³/mol. The van der Waals surface area contributed by atoms with Gasteiger partial charge in [-0.25, -0.2) is 8.42 Å². The van der Waals surface area contributed by atoms with Crippen LogP contribution >= 0.6 is 0 Å². The van der Waals surface area contributed by atoms with Gasteiger partial charge in [-0.3, -0.25) is 13.9 Å². The zero-order chi connectivity index (χ0) is 30.3. The molecule has 1 aliphatic heterocycles. The lowest BCUT2D eigenvalue weighted by atomic mass is 10.1. The maximum absolute atomic E-state index is 14.3. The molecule has 0 spiro atoms. The Labute approximate surface area is 248 Å². The van der Waals surface area contributed by atoms with E-state index in [0.29, 0.717) is 31.1 Å². The van der Waals surface area contributed by atoms with E-state index in [1.165, 1.54) is 17.0 Å². The summed E-state index contributed by atoms with van der Waals surface area (Å²) in [5.74, 6) is 0.127. The number of nitrogens with one attached hydrogen (secondary N) is 1. The maximum Gasteiger partial charge on any atom is 0.264 e. The molecule has 0 aromatic heterocycles. The minimum absolute atomic E-state index is 0.0414. The zero-order valence-electron chi connectivity index (χ0n) is 24.6.